The van der Waals surface area contributed by atoms with E-state index in [1.165, 1.54) is 0 Å². The van der Waals surface area contributed by atoms with Gasteiger partial charge in [0.1, 0.15) is 11.9 Å². The Morgan fingerprint density at radius 3 is 2.96 bits per heavy atom. The second kappa shape index (κ2) is 6.55. The van der Waals surface area contributed by atoms with E-state index < -0.39 is 0 Å². The zero-order valence-electron chi connectivity index (χ0n) is 14.7. The van der Waals surface area contributed by atoms with Gasteiger partial charge in [-0.15, -0.1) is 0 Å². The largest absolute Gasteiger partial charge is 0.368 e. The summed E-state index contributed by atoms with van der Waals surface area (Å²) in [4.78, 5) is 23.6. The number of hydrogen-bond donors (Lipinski definition) is 1. The number of carbonyl (C=O) groups is 1. The second-order valence-corrected chi connectivity index (χ2v) is 6.83. The number of nitrogens with one attached hydrogen (secondary N) is 1. The van der Waals surface area contributed by atoms with Crippen LogP contribution in [0.5, 0.6) is 0 Å². The normalized spacial score (nSPS) is 20.4. The standard InChI is InChI=1S/C18H23N5O2/c1-11-9-15(20-12(2)19-11)16-10-23(7-8-25-16)18(24)17-13-5-3-4-6-14(13)21-22-17/h9,16H,3-8,10H2,1-2H3,(H,21,22)/t16-/m0/s1. The molecule has 1 atom stereocenters. The lowest BCUT2D eigenvalue weighted by Crippen LogP contribution is -2.43. The van der Waals surface area contributed by atoms with Gasteiger partial charge in [-0.1, -0.05) is 0 Å². The summed E-state index contributed by atoms with van der Waals surface area (Å²) < 4.78 is 5.87. The molecule has 1 N–H and O–H groups in total. The van der Waals surface area contributed by atoms with Crippen molar-refractivity contribution in [3.05, 3.63) is 40.2 Å². The molecule has 1 aliphatic carbocycles. The number of ether oxygens (including phenoxy) is 1. The van der Waals surface area contributed by atoms with Crippen LogP contribution in [0, 0.1) is 13.8 Å². The molecule has 2 aliphatic rings. The van der Waals surface area contributed by atoms with Gasteiger partial charge >= 0.3 is 0 Å². The molecule has 1 amide bonds. The number of H-pyrrole nitrogens is 1. The molecule has 7 nitrogen and oxygen atoms in total. The van der Waals surface area contributed by atoms with E-state index in [1.54, 1.807) is 0 Å². The fraction of sp³-hybridized carbons (Fsp3) is 0.556. The minimum atomic E-state index is -0.215. The molecule has 0 spiro atoms. The summed E-state index contributed by atoms with van der Waals surface area (Å²) in [6.07, 6.45) is 3.99. The Balaban J connectivity index is 1.55. The van der Waals surface area contributed by atoms with Gasteiger partial charge in [0.05, 0.1) is 18.8 Å². The Morgan fingerprint density at radius 2 is 2.12 bits per heavy atom. The van der Waals surface area contributed by atoms with E-state index in [-0.39, 0.29) is 12.0 Å². The SMILES string of the molecule is Cc1cc([C@@H]2CN(C(=O)c3n[nH]c4c3CCCC4)CCO2)nc(C)n1. The van der Waals surface area contributed by atoms with Gasteiger partial charge in [0.2, 0.25) is 0 Å². The highest BCUT2D eigenvalue weighted by atomic mass is 16.5. The molecule has 1 saturated heterocycles. The number of aryl methyl sites for hydroxylation is 3. The molecule has 3 heterocycles. The summed E-state index contributed by atoms with van der Waals surface area (Å²) in [6, 6.07) is 1.93. The predicted octanol–water partition coefficient (Wildman–Crippen LogP) is 1.91. The molecule has 4 rings (SSSR count). The summed E-state index contributed by atoms with van der Waals surface area (Å²) >= 11 is 0. The van der Waals surface area contributed by atoms with Crippen LogP contribution in [-0.2, 0) is 17.6 Å². The second-order valence-electron chi connectivity index (χ2n) is 6.83. The first kappa shape index (κ1) is 16.2. The molecule has 25 heavy (non-hydrogen) atoms. The maximum absolute atomic E-state index is 13.0. The van der Waals surface area contributed by atoms with Crippen LogP contribution in [0.25, 0.3) is 0 Å². The summed E-state index contributed by atoms with van der Waals surface area (Å²) in [6.45, 7) is 5.40. The van der Waals surface area contributed by atoms with E-state index >= 15 is 0 Å². The first-order valence-corrected chi connectivity index (χ1v) is 8.91. The highest BCUT2D eigenvalue weighted by Crippen LogP contribution is 2.26. The molecule has 1 fully saturated rings. The molecule has 0 radical (unpaired) electrons. The van der Waals surface area contributed by atoms with Crippen LogP contribution in [0.1, 0.15) is 57.9 Å². The Morgan fingerprint density at radius 1 is 1.28 bits per heavy atom. The van der Waals surface area contributed by atoms with Crippen molar-refractivity contribution in [1.29, 1.82) is 0 Å². The highest BCUT2D eigenvalue weighted by Gasteiger charge is 2.31. The van der Waals surface area contributed by atoms with Crippen LogP contribution < -0.4 is 0 Å². The van der Waals surface area contributed by atoms with Gasteiger partial charge in [-0.3, -0.25) is 9.89 Å². The third-order valence-electron chi connectivity index (χ3n) is 4.93. The zero-order chi connectivity index (χ0) is 17.4. The van der Waals surface area contributed by atoms with E-state index in [4.69, 9.17) is 4.74 Å². The number of aromatic nitrogens is 4. The number of rotatable bonds is 2. The number of nitrogens with zero attached hydrogens (tertiary/aromatic N) is 4. The topological polar surface area (TPSA) is 84.0 Å². The maximum atomic E-state index is 13.0. The van der Waals surface area contributed by atoms with Gasteiger partial charge < -0.3 is 9.64 Å². The highest BCUT2D eigenvalue weighted by molar-refractivity contribution is 5.94. The van der Waals surface area contributed by atoms with E-state index in [1.807, 2.05) is 24.8 Å². The van der Waals surface area contributed by atoms with Crippen molar-refractivity contribution in [1.82, 2.24) is 25.1 Å². The first-order valence-electron chi connectivity index (χ1n) is 8.91. The van der Waals surface area contributed by atoms with Crippen LogP contribution >= 0.6 is 0 Å². The lowest BCUT2D eigenvalue weighted by atomic mass is 9.95. The van der Waals surface area contributed by atoms with Gasteiger partial charge in [-0.25, -0.2) is 9.97 Å². The van der Waals surface area contributed by atoms with Crippen molar-refractivity contribution < 1.29 is 9.53 Å². The van der Waals surface area contributed by atoms with E-state index in [0.29, 0.717) is 25.4 Å². The van der Waals surface area contributed by atoms with Gasteiger partial charge in [0.15, 0.2) is 5.69 Å². The molecular weight excluding hydrogens is 318 g/mol. The smallest absolute Gasteiger partial charge is 0.274 e. The molecule has 1 aliphatic heterocycles. The number of carbonyl (C=O) groups excluding carboxylic acids is 1. The van der Waals surface area contributed by atoms with Crippen molar-refractivity contribution in [3.63, 3.8) is 0 Å². The molecule has 0 unspecified atom stereocenters. The van der Waals surface area contributed by atoms with Crippen molar-refractivity contribution in [2.24, 2.45) is 0 Å². The van der Waals surface area contributed by atoms with E-state index in [2.05, 4.69) is 20.2 Å². The average Bonchev–Trinajstić information content (AvgIpc) is 3.04. The van der Waals surface area contributed by atoms with Gasteiger partial charge in [0.25, 0.3) is 5.91 Å². The Bertz CT molecular complexity index is 781. The Kier molecular flexibility index (Phi) is 4.25. The molecular formula is C18H23N5O2. The summed E-state index contributed by atoms with van der Waals surface area (Å²) in [5.41, 5.74) is 4.57. The van der Waals surface area contributed by atoms with Crippen molar-refractivity contribution in [2.75, 3.05) is 19.7 Å². The monoisotopic (exact) mass is 341 g/mol. The van der Waals surface area contributed by atoms with Crippen molar-refractivity contribution >= 4 is 5.91 Å². The van der Waals surface area contributed by atoms with Gasteiger partial charge in [-0.05, 0) is 45.6 Å². The first-order chi connectivity index (χ1) is 12.1. The third kappa shape index (κ3) is 3.16. The predicted molar refractivity (Wildman–Crippen MR) is 91.3 cm³/mol. The molecule has 7 heteroatoms. The summed E-state index contributed by atoms with van der Waals surface area (Å²) in [5.74, 6) is 0.721. The van der Waals surface area contributed by atoms with Crippen LogP contribution in [0.4, 0.5) is 0 Å². The maximum Gasteiger partial charge on any atom is 0.274 e. The van der Waals surface area contributed by atoms with Crippen LogP contribution in [0.15, 0.2) is 6.07 Å². The number of hydrogen-bond acceptors (Lipinski definition) is 5. The number of amides is 1. The minimum absolute atomic E-state index is 0.00444. The fourth-order valence-electron chi connectivity index (χ4n) is 3.73. The van der Waals surface area contributed by atoms with Crippen molar-refractivity contribution in [2.45, 2.75) is 45.6 Å². The summed E-state index contributed by atoms with van der Waals surface area (Å²) in [5, 5.41) is 7.37. The average molecular weight is 341 g/mol. The molecule has 132 valence electrons. The number of morpholine rings is 1. The molecule has 2 aromatic rings. The minimum Gasteiger partial charge on any atom is -0.368 e. The number of aromatic amines is 1. The van der Waals surface area contributed by atoms with Crippen LogP contribution in [0.3, 0.4) is 0 Å². The van der Waals surface area contributed by atoms with E-state index in [0.717, 1.165) is 54.2 Å². The lowest BCUT2D eigenvalue weighted by Gasteiger charge is -2.32. The van der Waals surface area contributed by atoms with Crippen molar-refractivity contribution in [3.8, 4) is 0 Å². The Hall–Kier alpha value is -2.28. The zero-order valence-corrected chi connectivity index (χ0v) is 14.7. The number of fused-ring (bicyclic) bond motifs is 1. The van der Waals surface area contributed by atoms with Gasteiger partial charge in [0, 0.05) is 23.5 Å². The fourth-order valence-corrected chi connectivity index (χ4v) is 3.73. The lowest BCUT2D eigenvalue weighted by molar-refractivity contribution is -0.0251. The quantitative estimate of drug-likeness (QED) is 0.902. The third-order valence-corrected chi connectivity index (χ3v) is 4.93. The van der Waals surface area contributed by atoms with E-state index in [9.17, 15) is 4.79 Å². The van der Waals surface area contributed by atoms with Crippen LogP contribution in [-0.4, -0.2) is 50.7 Å². The van der Waals surface area contributed by atoms with Gasteiger partial charge in [-0.2, -0.15) is 5.10 Å². The molecule has 2 aromatic heterocycles. The van der Waals surface area contributed by atoms with Crippen LogP contribution in [0.2, 0.25) is 0 Å². The summed E-state index contributed by atoms with van der Waals surface area (Å²) in [7, 11) is 0. The molecule has 0 saturated carbocycles. The Labute approximate surface area is 146 Å². The molecule has 0 aromatic carbocycles. The molecule has 0 bridgehead atoms.